The summed E-state index contributed by atoms with van der Waals surface area (Å²) < 4.78 is 4.52. The number of hydrazine groups is 1. The van der Waals surface area contributed by atoms with E-state index in [1.807, 2.05) is 6.07 Å². The first kappa shape index (κ1) is 11.8. The van der Waals surface area contributed by atoms with Crippen LogP contribution in [0.5, 0.6) is 0 Å². The van der Waals surface area contributed by atoms with Gasteiger partial charge in [0.15, 0.2) is 0 Å². The van der Waals surface area contributed by atoms with Crippen molar-refractivity contribution in [1.29, 1.82) is 0 Å². The lowest BCUT2D eigenvalue weighted by atomic mass is 10.3. The van der Waals surface area contributed by atoms with Crippen LogP contribution in [-0.2, 0) is 15.3 Å². The molecule has 0 aromatic carbocycles. The summed E-state index contributed by atoms with van der Waals surface area (Å²) in [5.41, 5.74) is 4.22. The topological polar surface area (TPSA) is 77.2 Å². The first-order chi connectivity index (χ1) is 7.26. The van der Waals surface area contributed by atoms with Gasteiger partial charge < -0.3 is 10.2 Å². The molecule has 15 heavy (non-hydrogen) atoms. The third-order valence-electron chi connectivity index (χ3n) is 1.68. The molecular formula is C9H13N3O2S. The zero-order valence-electron chi connectivity index (χ0n) is 8.40. The summed E-state index contributed by atoms with van der Waals surface area (Å²) in [6.45, 7) is 0. The van der Waals surface area contributed by atoms with Crippen LogP contribution in [0.1, 0.15) is 5.69 Å². The number of nitrogens with two attached hydrogens (primary N) is 1. The summed E-state index contributed by atoms with van der Waals surface area (Å²) in [7, 11) is 1.38. The maximum absolute atomic E-state index is 10.8. The molecule has 0 saturated carbocycles. The first-order valence-corrected chi connectivity index (χ1v) is 5.48. The molecule has 1 aromatic rings. The van der Waals surface area contributed by atoms with Gasteiger partial charge in [0.2, 0.25) is 0 Å². The van der Waals surface area contributed by atoms with Gasteiger partial charge in [-0.2, -0.15) is 0 Å². The number of nitrogens with zero attached hydrogens (tertiary/aromatic N) is 1. The molecule has 0 atom stereocenters. The monoisotopic (exact) mass is 227 g/mol. The van der Waals surface area contributed by atoms with E-state index in [9.17, 15) is 4.79 Å². The highest BCUT2D eigenvalue weighted by molar-refractivity contribution is 7.99. The van der Waals surface area contributed by atoms with Crippen molar-refractivity contribution in [2.45, 2.75) is 5.75 Å². The Hall–Kier alpha value is -1.27. The molecule has 0 aliphatic carbocycles. The van der Waals surface area contributed by atoms with Crippen LogP contribution in [0.2, 0.25) is 0 Å². The minimum absolute atomic E-state index is 0.229. The molecule has 82 valence electrons. The maximum Gasteiger partial charge on any atom is 0.315 e. The second kappa shape index (κ2) is 6.26. The highest BCUT2D eigenvalue weighted by Crippen LogP contribution is 2.13. The molecule has 1 aromatic heterocycles. The van der Waals surface area contributed by atoms with Crippen LogP contribution >= 0.6 is 11.8 Å². The number of pyridine rings is 1. The van der Waals surface area contributed by atoms with Crippen LogP contribution in [0.15, 0.2) is 18.3 Å². The van der Waals surface area contributed by atoms with Gasteiger partial charge in [0, 0.05) is 11.9 Å². The second-order valence-electron chi connectivity index (χ2n) is 2.75. The number of esters is 1. The predicted molar refractivity (Wildman–Crippen MR) is 60.2 cm³/mol. The van der Waals surface area contributed by atoms with E-state index >= 15 is 0 Å². The number of aromatic nitrogens is 1. The smallest absolute Gasteiger partial charge is 0.315 e. The SMILES string of the molecule is COC(=O)CSCc1cc(NN)ccn1. The van der Waals surface area contributed by atoms with Crippen molar-refractivity contribution in [3.63, 3.8) is 0 Å². The molecule has 0 spiro atoms. The van der Waals surface area contributed by atoms with Crippen molar-refractivity contribution >= 4 is 23.4 Å². The number of nitrogens with one attached hydrogen (secondary N) is 1. The molecule has 0 fully saturated rings. The van der Waals surface area contributed by atoms with E-state index in [1.165, 1.54) is 18.9 Å². The highest BCUT2D eigenvalue weighted by atomic mass is 32.2. The fourth-order valence-electron chi connectivity index (χ4n) is 0.945. The normalized spacial score (nSPS) is 9.73. The maximum atomic E-state index is 10.8. The standard InChI is InChI=1S/C9H13N3O2S/c1-14-9(13)6-15-5-8-4-7(12-10)2-3-11-8/h2-4H,5-6,10H2,1H3,(H,11,12). The Kier molecular flexibility index (Phi) is 4.92. The van der Waals surface area contributed by atoms with Gasteiger partial charge >= 0.3 is 5.97 Å². The summed E-state index contributed by atoms with van der Waals surface area (Å²) in [6, 6.07) is 3.61. The summed E-state index contributed by atoms with van der Waals surface area (Å²) in [5.74, 6) is 6.02. The van der Waals surface area contributed by atoms with E-state index in [2.05, 4.69) is 15.1 Å². The average molecular weight is 227 g/mol. The lowest BCUT2D eigenvalue weighted by molar-refractivity contribution is -0.137. The quantitative estimate of drug-likeness (QED) is 0.439. The van der Waals surface area contributed by atoms with Crippen molar-refractivity contribution in [1.82, 2.24) is 4.98 Å². The summed E-state index contributed by atoms with van der Waals surface area (Å²) >= 11 is 1.45. The van der Waals surface area contributed by atoms with Crippen molar-refractivity contribution < 1.29 is 9.53 Å². The van der Waals surface area contributed by atoms with Gasteiger partial charge in [-0.05, 0) is 12.1 Å². The van der Waals surface area contributed by atoms with E-state index in [1.54, 1.807) is 12.3 Å². The molecular weight excluding hydrogens is 214 g/mol. The molecule has 0 saturated heterocycles. The lowest BCUT2D eigenvalue weighted by Crippen LogP contribution is -2.07. The van der Waals surface area contributed by atoms with Crippen molar-refractivity contribution in [2.24, 2.45) is 5.84 Å². The molecule has 0 aliphatic rings. The molecule has 0 radical (unpaired) electrons. The largest absolute Gasteiger partial charge is 0.468 e. The molecule has 0 unspecified atom stereocenters. The number of methoxy groups -OCH3 is 1. The fraction of sp³-hybridized carbons (Fsp3) is 0.333. The summed E-state index contributed by atoms with van der Waals surface area (Å²) in [5, 5.41) is 0. The van der Waals surface area contributed by atoms with Crippen molar-refractivity contribution in [2.75, 3.05) is 18.3 Å². The van der Waals surface area contributed by atoms with Crippen LogP contribution in [0.4, 0.5) is 5.69 Å². The molecule has 5 nitrogen and oxygen atoms in total. The number of hydrogen-bond acceptors (Lipinski definition) is 6. The van der Waals surface area contributed by atoms with E-state index in [-0.39, 0.29) is 5.97 Å². The van der Waals surface area contributed by atoms with Gasteiger partial charge in [-0.1, -0.05) is 0 Å². The number of anilines is 1. The Morgan fingerprint density at radius 2 is 2.53 bits per heavy atom. The number of carbonyl (C=O) groups excluding carboxylic acids is 1. The Morgan fingerprint density at radius 3 is 3.20 bits per heavy atom. The minimum atomic E-state index is -0.229. The average Bonchev–Trinajstić information content (AvgIpc) is 2.29. The van der Waals surface area contributed by atoms with Crippen LogP contribution in [-0.4, -0.2) is 23.8 Å². The Balaban J connectivity index is 2.40. The number of hydrogen-bond donors (Lipinski definition) is 2. The van der Waals surface area contributed by atoms with Crippen LogP contribution in [0, 0.1) is 0 Å². The highest BCUT2D eigenvalue weighted by Gasteiger charge is 2.01. The number of carbonyl (C=O) groups is 1. The first-order valence-electron chi connectivity index (χ1n) is 4.32. The van der Waals surface area contributed by atoms with Crippen LogP contribution in [0.25, 0.3) is 0 Å². The van der Waals surface area contributed by atoms with Gasteiger partial charge in [-0.15, -0.1) is 11.8 Å². The third kappa shape index (κ3) is 4.18. The summed E-state index contributed by atoms with van der Waals surface area (Å²) in [4.78, 5) is 15.0. The van der Waals surface area contributed by atoms with Gasteiger partial charge in [0.05, 0.1) is 24.2 Å². The number of ether oxygens (including phenoxy) is 1. The third-order valence-corrected chi connectivity index (χ3v) is 2.62. The molecule has 0 amide bonds. The van der Waals surface area contributed by atoms with Gasteiger partial charge in [-0.25, -0.2) is 0 Å². The van der Waals surface area contributed by atoms with E-state index in [4.69, 9.17) is 5.84 Å². The second-order valence-corrected chi connectivity index (χ2v) is 3.73. The zero-order valence-corrected chi connectivity index (χ0v) is 9.21. The zero-order chi connectivity index (χ0) is 11.1. The fourth-order valence-corrected chi connectivity index (χ4v) is 1.70. The van der Waals surface area contributed by atoms with Crippen LogP contribution in [0.3, 0.4) is 0 Å². The molecule has 1 heterocycles. The number of nitrogen functional groups attached to an aromatic ring is 1. The molecule has 6 heteroatoms. The molecule has 0 aliphatic heterocycles. The van der Waals surface area contributed by atoms with Gasteiger partial charge in [0.1, 0.15) is 0 Å². The van der Waals surface area contributed by atoms with E-state index in [0.29, 0.717) is 11.5 Å². The summed E-state index contributed by atoms with van der Waals surface area (Å²) in [6.07, 6.45) is 1.67. The number of rotatable bonds is 5. The predicted octanol–water partition coefficient (Wildman–Crippen LogP) is 0.773. The molecule has 1 rings (SSSR count). The minimum Gasteiger partial charge on any atom is -0.468 e. The van der Waals surface area contributed by atoms with E-state index < -0.39 is 0 Å². The van der Waals surface area contributed by atoms with Crippen molar-refractivity contribution in [3.05, 3.63) is 24.0 Å². The lowest BCUT2D eigenvalue weighted by Gasteiger charge is -2.03. The van der Waals surface area contributed by atoms with Crippen molar-refractivity contribution in [3.8, 4) is 0 Å². The molecule has 0 bridgehead atoms. The molecule has 3 N–H and O–H groups in total. The Morgan fingerprint density at radius 1 is 1.73 bits per heavy atom. The van der Waals surface area contributed by atoms with Gasteiger partial charge in [0.25, 0.3) is 0 Å². The Labute approximate surface area is 92.4 Å². The van der Waals surface area contributed by atoms with Gasteiger partial charge in [-0.3, -0.25) is 15.6 Å². The Bertz CT molecular complexity index is 333. The number of thioether (sulfide) groups is 1. The van der Waals surface area contributed by atoms with E-state index in [0.717, 1.165) is 11.4 Å². The van der Waals surface area contributed by atoms with Crippen LogP contribution < -0.4 is 11.3 Å².